The molecule has 1 aromatic heterocycles. The Morgan fingerprint density at radius 3 is 3.00 bits per heavy atom. The SMILES string of the molecule is C=C1NC(=O)c2cnn(-c3cccc(OC)c3)c2N1. The van der Waals surface area contributed by atoms with E-state index in [1.54, 1.807) is 11.8 Å². The summed E-state index contributed by atoms with van der Waals surface area (Å²) in [6, 6.07) is 7.43. The number of hydrogen-bond donors (Lipinski definition) is 2. The zero-order valence-electron chi connectivity index (χ0n) is 10.3. The van der Waals surface area contributed by atoms with E-state index in [4.69, 9.17) is 4.74 Å². The van der Waals surface area contributed by atoms with Crippen LogP contribution in [0.2, 0.25) is 0 Å². The Balaban J connectivity index is 2.11. The summed E-state index contributed by atoms with van der Waals surface area (Å²) in [7, 11) is 1.60. The minimum atomic E-state index is -0.215. The summed E-state index contributed by atoms with van der Waals surface area (Å²) in [5.41, 5.74) is 1.28. The maximum absolute atomic E-state index is 11.8. The topological polar surface area (TPSA) is 68.2 Å². The fourth-order valence-corrected chi connectivity index (χ4v) is 1.95. The molecule has 0 saturated heterocycles. The molecule has 3 rings (SSSR count). The van der Waals surface area contributed by atoms with Crippen LogP contribution in [0.5, 0.6) is 5.75 Å². The van der Waals surface area contributed by atoms with Crippen molar-refractivity contribution in [2.45, 2.75) is 0 Å². The summed E-state index contributed by atoms with van der Waals surface area (Å²) in [6.45, 7) is 3.70. The second-order valence-electron chi connectivity index (χ2n) is 4.08. The second kappa shape index (κ2) is 4.16. The number of carbonyl (C=O) groups excluding carboxylic acids is 1. The summed E-state index contributed by atoms with van der Waals surface area (Å²) in [5, 5.41) is 9.83. The van der Waals surface area contributed by atoms with Crippen molar-refractivity contribution >= 4 is 11.7 Å². The van der Waals surface area contributed by atoms with E-state index in [-0.39, 0.29) is 5.91 Å². The van der Waals surface area contributed by atoms with Gasteiger partial charge in [0.25, 0.3) is 5.91 Å². The van der Waals surface area contributed by atoms with Crippen LogP contribution < -0.4 is 15.4 Å². The number of hydrogen-bond acceptors (Lipinski definition) is 4. The Morgan fingerprint density at radius 2 is 2.21 bits per heavy atom. The first kappa shape index (κ1) is 11.3. The average molecular weight is 256 g/mol. The lowest BCUT2D eigenvalue weighted by atomic mass is 10.2. The van der Waals surface area contributed by atoms with Gasteiger partial charge in [-0.3, -0.25) is 4.79 Å². The van der Waals surface area contributed by atoms with Gasteiger partial charge in [-0.25, -0.2) is 4.68 Å². The number of rotatable bonds is 2. The van der Waals surface area contributed by atoms with Crippen molar-refractivity contribution in [3.8, 4) is 11.4 Å². The lowest BCUT2D eigenvalue weighted by Gasteiger charge is -2.18. The normalized spacial score (nSPS) is 13.5. The predicted octanol–water partition coefficient (Wildman–Crippen LogP) is 1.51. The highest BCUT2D eigenvalue weighted by Gasteiger charge is 2.23. The van der Waals surface area contributed by atoms with Crippen molar-refractivity contribution in [2.75, 3.05) is 12.4 Å². The average Bonchev–Trinajstić information content (AvgIpc) is 2.82. The van der Waals surface area contributed by atoms with Gasteiger partial charge >= 0.3 is 0 Å². The highest BCUT2D eigenvalue weighted by molar-refractivity contribution is 6.02. The Kier molecular flexibility index (Phi) is 2.49. The Bertz CT molecular complexity index is 675. The fraction of sp³-hybridized carbons (Fsp3) is 0.0769. The van der Waals surface area contributed by atoms with Crippen molar-refractivity contribution in [2.24, 2.45) is 0 Å². The molecule has 0 radical (unpaired) electrons. The van der Waals surface area contributed by atoms with Gasteiger partial charge in [-0.15, -0.1) is 0 Å². The van der Waals surface area contributed by atoms with Crippen molar-refractivity contribution in [3.63, 3.8) is 0 Å². The van der Waals surface area contributed by atoms with E-state index in [0.29, 0.717) is 17.2 Å². The number of amides is 1. The lowest BCUT2D eigenvalue weighted by molar-refractivity contribution is 0.0964. The molecule has 0 aliphatic carbocycles. The number of ether oxygens (including phenoxy) is 1. The molecule has 96 valence electrons. The highest BCUT2D eigenvalue weighted by atomic mass is 16.5. The fourth-order valence-electron chi connectivity index (χ4n) is 1.95. The third-order valence-corrected chi connectivity index (χ3v) is 2.85. The summed E-state index contributed by atoms with van der Waals surface area (Å²) in [6.07, 6.45) is 1.52. The molecule has 0 bridgehead atoms. The standard InChI is InChI=1S/C13H12N4O2/c1-8-15-12-11(13(18)16-8)7-14-17(12)9-4-3-5-10(6-9)19-2/h3-7,15H,1H2,2H3,(H,16,18). The molecule has 2 N–H and O–H groups in total. The van der Waals surface area contributed by atoms with Crippen molar-refractivity contribution in [1.82, 2.24) is 15.1 Å². The summed E-state index contributed by atoms with van der Waals surface area (Å²) in [4.78, 5) is 11.8. The number of carbonyl (C=O) groups is 1. The van der Waals surface area contributed by atoms with Gasteiger partial charge < -0.3 is 15.4 Å². The summed E-state index contributed by atoms with van der Waals surface area (Å²) in [5.74, 6) is 1.54. The van der Waals surface area contributed by atoms with Crippen LogP contribution in [0.1, 0.15) is 10.4 Å². The number of aromatic nitrogens is 2. The highest BCUT2D eigenvalue weighted by Crippen LogP contribution is 2.25. The van der Waals surface area contributed by atoms with Gasteiger partial charge in [-0.2, -0.15) is 5.10 Å². The molecule has 0 unspecified atom stereocenters. The quantitative estimate of drug-likeness (QED) is 0.854. The molecule has 1 amide bonds. The van der Waals surface area contributed by atoms with E-state index in [1.165, 1.54) is 6.20 Å². The Morgan fingerprint density at radius 1 is 1.37 bits per heavy atom. The minimum absolute atomic E-state index is 0.215. The molecule has 1 aliphatic rings. The predicted molar refractivity (Wildman–Crippen MR) is 70.3 cm³/mol. The first-order chi connectivity index (χ1) is 9.19. The van der Waals surface area contributed by atoms with Crippen molar-refractivity contribution in [1.29, 1.82) is 0 Å². The van der Waals surface area contributed by atoms with E-state index >= 15 is 0 Å². The third-order valence-electron chi connectivity index (χ3n) is 2.85. The molecule has 0 fully saturated rings. The van der Waals surface area contributed by atoms with Crippen LogP contribution >= 0.6 is 0 Å². The minimum Gasteiger partial charge on any atom is -0.497 e. The van der Waals surface area contributed by atoms with Crippen molar-refractivity contribution in [3.05, 3.63) is 48.4 Å². The molecule has 6 heteroatoms. The molecule has 0 saturated carbocycles. The first-order valence-electron chi connectivity index (χ1n) is 5.69. The third kappa shape index (κ3) is 1.83. The molecule has 1 aliphatic heterocycles. The Labute approximate surface area is 109 Å². The number of nitrogens with zero attached hydrogens (tertiary/aromatic N) is 2. The molecule has 2 heterocycles. The van der Waals surface area contributed by atoms with Gasteiger partial charge in [0.1, 0.15) is 23.0 Å². The second-order valence-corrected chi connectivity index (χ2v) is 4.08. The number of nitrogens with one attached hydrogen (secondary N) is 2. The van der Waals surface area contributed by atoms with E-state index in [1.807, 2.05) is 24.3 Å². The monoisotopic (exact) mass is 256 g/mol. The van der Waals surface area contributed by atoms with E-state index in [9.17, 15) is 4.79 Å². The Hall–Kier alpha value is -2.76. The molecular formula is C13H12N4O2. The van der Waals surface area contributed by atoms with E-state index < -0.39 is 0 Å². The van der Waals surface area contributed by atoms with Crippen LogP contribution in [-0.2, 0) is 0 Å². The molecule has 1 aromatic carbocycles. The maximum atomic E-state index is 11.8. The van der Waals surface area contributed by atoms with Gasteiger partial charge in [0.15, 0.2) is 0 Å². The van der Waals surface area contributed by atoms with Crippen LogP contribution in [0, 0.1) is 0 Å². The molecule has 19 heavy (non-hydrogen) atoms. The van der Waals surface area contributed by atoms with Gasteiger partial charge in [-0.1, -0.05) is 12.6 Å². The number of benzene rings is 1. The first-order valence-corrected chi connectivity index (χ1v) is 5.69. The largest absolute Gasteiger partial charge is 0.497 e. The van der Waals surface area contributed by atoms with Gasteiger partial charge in [-0.05, 0) is 12.1 Å². The van der Waals surface area contributed by atoms with E-state index in [0.717, 1.165) is 11.4 Å². The zero-order chi connectivity index (χ0) is 13.4. The molecule has 0 atom stereocenters. The van der Waals surface area contributed by atoms with E-state index in [2.05, 4.69) is 22.3 Å². The van der Waals surface area contributed by atoms with Crippen molar-refractivity contribution < 1.29 is 9.53 Å². The molecule has 0 spiro atoms. The number of methoxy groups -OCH3 is 1. The van der Waals surface area contributed by atoms with Gasteiger partial charge in [0.05, 0.1) is 19.0 Å². The summed E-state index contributed by atoms with van der Waals surface area (Å²) >= 11 is 0. The van der Waals surface area contributed by atoms with Crippen LogP contribution in [0.25, 0.3) is 5.69 Å². The number of fused-ring (bicyclic) bond motifs is 1. The molecule has 6 nitrogen and oxygen atoms in total. The maximum Gasteiger partial charge on any atom is 0.262 e. The van der Waals surface area contributed by atoms with Crippen LogP contribution in [0.4, 0.5) is 5.82 Å². The van der Waals surface area contributed by atoms with Crippen LogP contribution in [0.3, 0.4) is 0 Å². The zero-order valence-corrected chi connectivity index (χ0v) is 10.3. The lowest BCUT2D eigenvalue weighted by Crippen LogP contribution is -2.32. The van der Waals surface area contributed by atoms with Gasteiger partial charge in [0.2, 0.25) is 0 Å². The van der Waals surface area contributed by atoms with Crippen LogP contribution in [-0.4, -0.2) is 22.8 Å². The summed E-state index contributed by atoms with van der Waals surface area (Å²) < 4.78 is 6.82. The number of anilines is 1. The smallest absolute Gasteiger partial charge is 0.262 e. The van der Waals surface area contributed by atoms with Crippen LogP contribution in [0.15, 0.2) is 42.9 Å². The molecule has 2 aromatic rings. The van der Waals surface area contributed by atoms with Gasteiger partial charge in [0, 0.05) is 6.07 Å². The molecular weight excluding hydrogens is 244 g/mol.